The number of pyridine rings is 1. The maximum Gasteiger partial charge on any atom is 0.350 e. The van der Waals surface area contributed by atoms with Gasteiger partial charge in [0.15, 0.2) is 5.65 Å². The van der Waals surface area contributed by atoms with E-state index in [1.807, 2.05) is 36.4 Å². The van der Waals surface area contributed by atoms with Gasteiger partial charge in [-0.05, 0) is 43.5 Å². The number of aryl methyl sites for hydroxylation is 1. The van der Waals surface area contributed by atoms with Gasteiger partial charge in [0.25, 0.3) is 0 Å². The van der Waals surface area contributed by atoms with Crippen LogP contribution in [0.4, 0.5) is 0 Å². The highest BCUT2D eigenvalue weighted by molar-refractivity contribution is 5.81. The van der Waals surface area contributed by atoms with Gasteiger partial charge < -0.3 is 15.0 Å². The fourth-order valence-electron chi connectivity index (χ4n) is 4.05. The maximum atomic E-state index is 12.6. The van der Waals surface area contributed by atoms with Crippen LogP contribution in [0, 0.1) is 5.92 Å². The number of benzene rings is 1. The fraction of sp³-hybridized carbons (Fsp3) is 0.417. The molecule has 1 unspecified atom stereocenters. The molecule has 2 amide bonds. The summed E-state index contributed by atoms with van der Waals surface area (Å²) in [5.41, 5.74) is 0.419. The number of amides is 2. The predicted octanol–water partition coefficient (Wildman–Crippen LogP) is 1.71. The van der Waals surface area contributed by atoms with Crippen LogP contribution >= 0.6 is 0 Å². The van der Waals surface area contributed by atoms with Gasteiger partial charge in [-0.25, -0.2) is 9.48 Å². The van der Waals surface area contributed by atoms with E-state index in [2.05, 4.69) is 10.4 Å². The third-order valence-electron chi connectivity index (χ3n) is 5.81. The van der Waals surface area contributed by atoms with E-state index in [9.17, 15) is 14.4 Å². The molecule has 1 atom stereocenters. The quantitative estimate of drug-likeness (QED) is 0.500. The van der Waals surface area contributed by atoms with Gasteiger partial charge >= 0.3 is 5.69 Å². The molecule has 174 valence electrons. The summed E-state index contributed by atoms with van der Waals surface area (Å²) in [5, 5.41) is 7.24. The third-order valence-corrected chi connectivity index (χ3v) is 5.81. The van der Waals surface area contributed by atoms with Gasteiger partial charge in [0, 0.05) is 32.4 Å². The number of nitrogens with one attached hydrogen (secondary N) is 1. The summed E-state index contributed by atoms with van der Waals surface area (Å²) < 4.78 is 8.53. The standard InChI is InChI=1S/C24H29N5O4/c30-22(12-17-33-20-9-2-1-3-10-20)27-14-6-8-19(18-27)23(31)25-13-7-16-29-24(32)28-15-5-4-11-21(28)26-29/h1-5,9-11,15,19H,6-8,12-14,16-18H2,(H,25,31). The van der Waals surface area contributed by atoms with Crippen molar-refractivity contribution in [1.29, 1.82) is 0 Å². The first-order valence-corrected chi connectivity index (χ1v) is 11.4. The Bertz CT molecular complexity index is 1140. The number of rotatable bonds is 9. The molecule has 1 aromatic carbocycles. The summed E-state index contributed by atoms with van der Waals surface area (Å²) in [7, 11) is 0. The second-order valence-corrected chi connectivity index (χ2v) is 8.17. The Labute approximate surface area is 192 Å². The molecule has 1 fully saturated rings. The summed E-state index contributed by atoms with van der Waals surface area (Å²) >= 11 is 0. The van der Waals surface area contributed by atoms with E-state index < -0.39 is 0 Å². The predicted molar refractivity (Wildman–Crippen MR) is 123 cm³/mol. The van der Waals surface area contributed by atoms with Crippen LogP contribution in [0.3, 0.4) is 0 Å². The van der Waals surface area contributed by atoms with E-state index in [1.165, 1.54) is 9.08 Å². The molecule has 1 aliphatic rings. The van der Waals surface area contributed by atoms with Gasteiger partial charge in [-0.3, -0.25) is 14.0 Å². The Kier molecular flexibility index (Phi) is 7.39. The molecule has 1 saturated heterocycles. The molecule has 9 nitrogen and oxygen atoms in total. The lowest BCUT2D eigenvalue weighted by atomic mass is 9.97. The van der Waals surface area contributed by atoms with Gasteiger partial charge in [-0.15, -0.1) is 5.10 Å². The van der Waals surface area contributed by atoms with Crippen LogP contribution in [0.25, 0.3) is 5.65 Å². The second kappa shape index (κ2) is 10.8. The van der Waals surface area contributed by atoms with Crippen molar-refractivity contribution < 1.29 is 14.3 Å². The zero-order valence-electron chi connectivity index (χ0n) is 18.6. The summed E-state index contributed by atoms with van der Waals surface area (Å²) in [6.07, 6.45) is 4.15. The van der Waals surface area contributed by atoms with Crippen molar-refractivity contribution in [3.63, 3.8) is 0 Å². The number of para-hydroxylation sites is 1. The average Bonchev–Trinajstić information content (AvgIpc) is 3.18. The summed E-state index contributed by atoms with van der Waals surface area (Å²) in [6.45, 7) is 2.30. The summed E-state index contributed by atoms with van der Waals surface area (Å²) in [5.74, 6) is 0.493. The number of carbonyl (C=O) groups is 2. The first-order valence-electron chi connectivity index (χ1n) is 11.4. The molecule has 0 saturated carbocycles. The van der Waals surface area contributed by atoms with Gasteiger partial charge in [0.05, 0.1) is 18.9 Å². The van der Waals surface area contributed by atoms with Crippen molar-refractivity contribution in [3.05, 3.63) is 65.2 Å². The molecule has 3 aromatic rings. The van der Waals surface area contributed by atoms with Crippen molar-refractivity contribution >= 4 is 17.5 Å². The molecule has 1 N–H and O–H groups in total. The molecule has 9 heteroatoms. The Morgan fingerprint density at radius 3 is 2.76 bits per heavy atom. The summed E-state index contributed by atoms with van der Waals surface area (Å²) in [6, 6.07) is 14.8. The van der Waals surface area contributed by atoms with Gasteiger partial charge in [-0.1, -0.05) is 24.3 Å². The molecular weight excluding hydrogens is 422 g/mol. The van der Waals surface area contributed by atoms with Crippen LogP contribution < -0.4 is 15.7 Å². The largest absolute Gasteiger partial charge is 0.493 e. The van der Waals surface area contributed by atoms with E-state index in [4.69, 9.17) is 4.74 Å². The number of aromatic nitrogens is 3. The second-order valence-electron chi connectivity index (χ2n) is 8.17. The number of likely N-dealkylation sites (tertiary alicyclic amines) is 1. The van der Waals surface area contributed by atoms with Crippen LogP contribution in [0.5, 0.6) is 5.75 Å². The number of nitrogens with zero attached hydrogens (tertiary/aromatic N) is 4. The van der Waals surface area contributed by atoms with Crippen molar-refractivity contribution in [2.24, 2.45) is 5.92 Å². The lowest BCUT2D eigenvalue weighted by molar-refractivity contribution is -0.136. The molecule has 33 heavy (non-hydrogen) atoms. The average molecular weight is 452 g/mol. The van der Waals surface area contributed by atoms with Crippen molar-refractivity contribution in [2.45, 2.75) is 32.2 Å². The Morgan fingerprint density at radius 1 is 1.12 bits per heavy atom. The zero-order chi connectivity index (χ0) is 23.0. The molecule has 0 aliphatic carbocycles. The van der Waals surface area contributed by atoms with Gasteiger partial charge in [0.2, 0.25) is 11.8 Å². The minimum absolute atomic E-state index is 0.00894. The minimum Gasteiger partial charge on any atom is -0.493 e. The highest BCUT2D eigenvalue weighted by Crippen LogP contribution is 2.18. The normalized spacial score (nSPS) is 16.0. The van der Waals surface area contributed by atoms with Crippen molar-refractivity contribution in [3.8, 4) is 5.75 Å². The highest BCUT2D eigenvalue weighted by atomic mass is 16.5. The van der Waals surface area contributed by atoms with E-state index in [0.29, 0.717) is 44.9 Å². The number of fused-ring (bicyclic) bond motifs is 1. The number of carbonyl (C=O) groups excluding carboxylic acids is 2. The van der Waals surface area contributed by atoms with E-state index >= 15 is 0 Å². The topological polar surface area (TPSA) is 97.9 Å². The SMILES string of the molecule is O=C(NCCCn1nc2ccccn2c1=O)C1CCCN(C(=O)CCOc2ccccc2)C1. The molecule has 1 aliphatic heterocycles. The zero-order valence-corrected chi connectivity index (χ0v) is 18.6. The van der Waals surface area contributed by atoms with Gasteiger partial charge in [0.1, 0.15) is 5.75 Å². The molecule has 0 radical (unpaired) electrons. The third kappa shape index (κ3) is 5.79. The first kappa shape index (κ1) is 22.6. The minimum atomic E-state index is -0.212. The number of piperidine rings is 1. The Morgan fingerprint density at radius 2 is 1.94 bits per heavy atom. The van der Waals surface area contributed by atoms with E-state index in [1.54, 1.807) is 23.2 Å². The van der Waals surface area contributed by atoms with Crippen LogP contribution in [0.1, 0.15) is 25.7 Å². The molecule has 2 aromatic heterocycles. The van der Waals surface area contributed by atoms with E-state index in [-0.39, 0.29) is 29.8 Å². The first-order chi connectivity index (χ1) is 16.1. The number of ether oxygens (including phenoxy) is 1. The summed E-state index contributed by atoms with van der Waals surface area (Å²) in [4.78, 5) is 39.2. The fourth-order valence-corrected chi connectivity index (χ4v) is 4.05. The monoisotopic (exact) mass is 451 g/mol. The Balaban J connectivity index is 1.18. The lowest BCUT2D eigenvalue weighted by Crippen LogP contribution is -2.46. The maximum absolute atomic E-state index is 12.6. The molecule has 4 rings (SSSR count). The lowest BCUT2D eigenvalue weighted by Gasteiger charge is -2.32. The number of hydrogen-bond donors (Lipinski definition) is 1. The van der Waals surface area contributed by atoms with Crippen molar-refractivity contribution in [1.82, 2.24) is 24.4 Å². The van der Waals surface area contributed by atoms with Gasteiger partial charge in [-0.2, -0.15) is 0 Å². The molecule has 0 spiro atoms. The van der Waals surface area contributed by atoms with Crippen LogP contribution in [-0.4, -0.2) is 57.1 Å². The smallest absolute Gasteiger partial charge is 0.350 e. The molecule has 3 heterocycles. The van der Waals surface area contributed by atoms with Crippen LogP contribution in [-0.2, 0) is 16.1 Å². The van der Waals surface area contributed by atoms with E-state index in [0.717, 1.165) is 18.6 Å². The Hall–Kier alpha value is -3.62. The number of hydrogen-bond acceptors (Lipinski definition) is 5. The van der Waals surface area contributed by atoms with Crippen LogP contribution in [0.2, 0.25) is 0 Å². The molecule has 0 bridgehead atoms. The van der Waals surface area contributed by atoms with Crippen LogP contribution in [0.15, 0.2) is 59.5 Å². The molecular formula is C24H29N5O4. The van der Waals surface area contributed by atoms with Crippen molar-refractivity contribution in [2.75, 3.05) is 26.2 Å². The highest BCUT2D eigenvalue weighted by Gasteiger charge is 2.28.